The largest absolute Gasteiger partial charge is 0.455 e. The molecule has 0 bridgehead atoms. The Hall–Kier alpha value is -3.46. The highest BCUT2D eigenvalue weighted by Gasteiger charge is 2.34. The lowest BCUT2D eigenvalue weighted by atomic mass is 9.81. The summed E-state index contributed by atoms with van der Waals surface area (Å²) in [5.41, 5.74) is 6.67. The zero-order valence-electron chi connectivity index (χ0n) is 23.4. The molecule has 0 fully saturated rings. The van der Waals surface area contributed by atoms with Crippen LogP contribution in [0.2, 0.25) is 0 Å². The van der Waals surface area contributed by atoms with Crippen LogP contribution in [0.1, 0.15) is 58.2 Å². The number of benzene rings is 3. The predicted octanol–water partition coefficient (Wildman–Crippen LogP) is 8.62. The molecular weight excluding hydrogens is 452 g/mol. The van der Waals surface area contributed by atoms with Crippen LogP contribution in [-0.4, -0.2) is 4.98 Å². The van der Waals surface area contributed by atoms with E-state index in [2.05, 4.69) is 108 Å². The number of pyridine rings is 2. The molecule has 0 radical (unpaired) electrons. The predicted molar refractivity (Wildman–Crippen MR) is 154 cm³/mol. The van der Waals surface area contributed by atoms with Crippen molar-refractivity contribution in [2.75, 3.05) is 0 Å². The van der Waals surface area contributed by atoms with Crippen molar-refractivity contribution < 1.29 is 9.30 Å². The number of hydrogen-bond donors (Lipinski definition) is 0. The van der Waals surface area contributed by atoms with Gasteiger partial charge in [0.2, 0.25) is 5.69 Å². The van der Waals surface area contributed by atoms with Gasteiger partial charge in [0.05, 0.1) is 10.9 Å². The molecule has 0 saturated heterocycles. The lowest BCUT2D eigenvalue weighted by Crippen LogP contribution is -2.32. The van der Waals surface area contributed by atoms with E-state index in [4.69, 9.17) is 4.74 Å². The summed E-state index contributed by atoms with van der Waals surface area (Å²) in [6, 6.07) is 13.4. The van der Waals surface area contributed by atoms with Gasteiger partial charge in [0.1, 0.15) is 18.5 Å². The lowest BCUT2D eigenvalue weighted by Gasteiger charge is -2.28. The maximum Gasteiger partial charge on any atom is 0.228 e. The van der Waals surface area contributed by atoms with Crippen LogP contribution in [-0.2, 0) is 19.9 Å². The number of ether oxygens (including phenoxy) is 1. The van der Waals surface area contributed by atoms with Crippen molar-refractivity contribution in [3.05, 3.63) is 71.7 Å². The minimum atomic E-state index is 0.106. The monoisotopic (exact) mass is 489 g/mol. The summed E-state index contributed by atoms with van der Waals surface area (Å²) < 4.78 is 9.26. The van der Waals surface area contributed by atoms with Crippen molar-refractivity contribution in [3.63, 3.8) is 0 Å². The van der Waals surface area contributed by atoms with E-state index in [9.17, 15) is 0 Å². The molecule has 0 unspecified atom stereocenters. The first kappa shape index (κ1) is 23.9. The summed E-state index contributed by atoms with van der Waals surface area (Å²) in [4.78, 5) is 4.51. The third kappa shape index (κ3) is 3.87. The highest BCUT2D eigenvalue weighted by molar-refractivity contribution is 6.17. The minimum Gasteiger partial charge on any atom is -0.455 e. The van der Waals surface area contributed by atoms with Crippen LogP contribution in [0.25, 0.3) is 43.6 Å². The van der Waals surface area contributed by atoms with Gasteiger partial charge in [-0.2, -0.15) is 0 Å². The third-order valence-electron chi connectivity index (χ3n) is 7.61. The Bertz CT molecular complexity index is 1730. The third-order valence-corrected chi connectivity index (χ3v) is 7.61. The Morgan fingerprint density at radius 3 is 2.35 bits per heavy atom. The number of rotatable bonds is 2. The van der Waals surface area contributed by atoms with E-state index in [0.717, 1.165) is 24.3 Å². The molecule has 0 N–H and O–H groups in total. The molecule has 3 heteroatoms. The molecule has 3 aromatic carbocycles. The fourth-order valence-corrected chi connectivity index (χ4v) is 6.24. The summed E-state index contributed by atoms with van der Waals surface area (Å²) in [6.45, 7) is 16.1. The first-order chi connectivity index (χ1) is 17.4. The van der Waals surface area contributed by atoms with Gasteiger partial charge in [0, 0.05) is 34.8 Å². The van der Waals surface area contributed by atoms with Crippen molar-refractivity contribution in [1.29, 1.82) is 0 Å². The van der Waals surface area contributed by atoms with E-state index in [1.807, 2.05) is 12.4 Å². The van der Waals surface area contributed by atoms with Crippen molar-refractivity contribution >= 4 is 32.3 Å². The van der Waals surface area contributed by atoms with Crippen molar-refractivity contribution in [1.82, 2.24) is 4.98 Å². The smallest absolute Gasteiger partial charge is 0.228 e. The topological polar surface area (TPSA) is 26.0 Å². The second kappa shape index (κ2) is 8.02. The Morgan fingerprint density at radius 1 is 0.865 bits per heavy atom. The molecule has 188 valence electrons. The molecule has 0 atom stereocenters. The van der Waals surface area contributed by atoms with Gasteiger partial charge in [-0.3, -0.25) is 4.98 Å². The molecule has 1 aliphatic rings. The molecule has 5 aromatic rings. The van der Waals surface area contributed by atoms with Crippen LogP contribution in [0.3, 0.4) is 0 Å². The fraction of sp³-hybridized carbons (Fsp3) is 0.353. The Balaban J connectivity index is 1.77. The second-order valence-electron chi connectivity index (χ2n) is 13.3. The molecule has 0 saturated carbocycles. The van der Waals surface area contributed by atoms with Gasteiger partial charge in [-0.15, -0.1) is 0 Å². The number of hydrogen-bond acceptors (Lipinski definition) is 2. The number of aromatic nitrogens is 2. The number of nitrogens with zero attached hydrogens (tertiary/aromatic N) is 2. The number of aryl methyl sites for hydroxylation is 2. The quantitative estimate of drug-likeness (QED) is 0.180. The summed E-state index contributed by atoms with van der Waals surface area (Å²) in [7, 11) is 2.17. The Labute approximate surface area is 220 Å². The van der Waals surface area contributed by atoms with E-state index >= 15 is 0 Å². The van der Waals surface area contributed by atoms with Crippen LogP contribution in [0.4, 0.5) is 0 Å². The zero-order valence-corrected chi connectivity index (χ0v) is 23.4. The van der Waals surface area contributed by atoms with Gasteiger partial charge in [0.25, 0.3) is 0 Å². The van der Waals surface area contributed by atoms with Crippen molar-refractivity contribution in [2.45, 2.75) is 61.3 Å². The standard InChI is InChI=1S/C34H37N2O/c1-20-23-12-14-35-19-26(23)25(18-34(5,6)7)32-28(20)31-30-24(13-15-36(31)8)29-21(16-27(30)37-32)10-9-11-22(29)17-33(2,3)4/h9-16,19H,17-18H2,1-8H3/q+1. The minimum absolute atomic E-state index is 0.106. The molecule has 6 rings (SSSR count). The molecule has 3 nitrogen and oxygen atoms in total. The highest BCUT2D eigenvalue weighted by atomic mass is 16.5. The van der Waals surface area contributed by atoms with E-state index in [0.29, 0.717) is 0 Å². The number of fused-ring (bicyclic) bond motifs is 5. The summed E-state index contributed by atoms with van der Waals surface area (Å²) in [6.07, 6.45) is 8.09. The van der Waals surface area contributed by atoms with Gasteiger partial charge < -0.3 is 4.74 Å². The second-order valence-corrected chi connectivity index (χ2v) is 13.3. The van der Waals surface area contributed by atoms with Gasteiger partial charge in [-0.25, -0.2) is 4.57 Å². The fourth-order valence-electron chi connectivity index (χ4n) is 6.24. The molecule has 0 spiro atoms. The lowest BCUT2D eigenvalue weighted by molar-refractivity contribution is -0.659. The molecule has 37 heavy (non-hydrogen) atoms. The van der Waals surface area contributed by atoms with E-state index < -0.39 is 0 Å². The molecule has 0 amide bonds. The Kier molecular flexibility index (Phi) is 5.18. The van der Waals surface area contributed by atoms with Crippen LogP contribution in [0, 0.1) is 17.8 Å². The van der Waals surface area contributed by atoms with Crippen molar-refractivity contribution in [2.24, 2.45) is 17.9 Å². The summed E-state index contributed by atoms with van der Waals surface area (Å²) in [5, 5.41) is 7.53. The van der Waals surface area contributed by atoms with Crippen LogP contribution in [0.5, 0.6) is 11.5 Å². The molecule has 0 aliphatic carbocycles. The average Bonchev–Trinajstić information content (AvgIpc) is 2.81. The van der Waals surface area contributed by atoms with Crippen LogP contribution in [0.15, 0.2) is 55.0 Å². The molecule has 3 heterocycles. The van der Waals surface area contributed by atoms with E-state index in [1.165, 1.54) is 60.3 Å². The van der Waals surface area contributed by atoms with E-state index in [-0.39, 0.29) is 10.8 Å². The normalized spacial score (nSPS) is 13.3. The van der Waals surface area contributed by atoms with Crippen molar-refractivity contribution in [3.8, 4) is 22.8 Å². The molecule has 1 aliphatic heterocycles. The van der Waals surface area contributed by atoms with E-state index in [1.54, 1.807) is 0 Å². The van der Waals surface area contributed by atoms with Crippen LogP contribution < -0.4 is 9.30 Å². The SMILES string of the molecule is Cc1c2c(c(CC(C)(C)C)c3cnccc13)Oc1cc3cccc(CC(C)(C)C)c3c3cc[n+](C)c-2c13. The van der Waals surface area contributed by atoms with Gasteiger partial charge >= 0.3 is 0 Å². The summed E-state index contributed by atoms with van der Waals surface area (Å²) in [5.74, 6) is 1.95. The first-order valence-electron chi connectivity index (χ1n) is 13.4. The van der Waals surface area contributed by atoms with Crippen LogP contribution >= 0.6 is 0 Å². The molecular formula is C34H37N2O+. The first-order valence-corrected chi connectivity index (χ1v) is 13.4. The van der Waals surface area contributed by atoms with Gasteiger partial charge in [-0.1, -0.05) is 59.7 Å². The van der Waals surface area contributed by atoms with Gasteiger partial charge in [-0.05, 0) is 70.0 Å². The van der Waals surface area contributed by atoms with Gasteiger partial charge in [0.15, 0.2) is 6.20 Å². The maximum absolute atomic E-state index is 6.98. The highest BCUT2D eigenvalue weighted by Crippen LogP contribution is 2.53. The average molecular weight is 490 g/mol. The maximum atomic E-state index is 6.98. The molecule has 2 aromatic heterocycles. The zero-order chi connectivity index (χ0) is 26.3. The summed E-state index contributed by atoms with van der Waals surface area (Å²) >= 11 is 0. The Morgan fingerprint density at radius 2 is 1.62 bits per heavy atom.